The van der Waals surface area contributed by atoms with Gasteiger partial charge in [0.2, 0.25) is 0 Å². The second-order valence-corrected chi connectivity index (χ2v) is 7.46. The molecule has 0 saturated carbocycles. The first-order valence-corrected chi connectivity index (χ1v) is 10.0. The molecule has 1 aliphatic rings. The number of hydrogen-bond donors (Lipinski definition) is 1. The summed E-state index contributed by atoms with van der Waals surface area (Å²) in [4.78, 5) is 9.28. The second kappa shape index (κ2) is 11.0. The molecule has 0 bridgehead atoms. The summed E-state index contributed by atoms with van der Waals surface area (Å²) in [5.41, 5.74) is 2.85. The quantitative estimate of drug-likeness (QED) is 0.457. The number of piperidine rings is 1. The van der Waals surface area contributed by atoms with E-state index in [1.165, 1.54) is 18.4 Å². The van der Waals surface area contributed by atoms with Crippen LogP contribution in [-0.4, -0.2) is 62.1 Å². The lowest BCUT2D eigenvalue weighted by Gasteiger charge is -2.31. The number of rotatable bonds is 7. The van der Waals surface area contributed by atoms with E-state index in [9.17, 15) is 0 Å². The Hall–Kier alpha value is -1.81. The Kier molecular flexibility index (Phi) is 8.69. The van der Waals surface area contributed by atoms with Crippen LogP contribution in [0.15, 0.2) is 40.9 Å². The minimum absolute atomic E-state index is 0.627. The van der Waals surface area contributed by atoms with Gasteiger partial charge in [0.1, 0.15) is 0 Å². The summed E-state index contributed by atoms with van der Waals surface area (Å²) in [6.45, 7) is 8.76. The van der Waals surface area contributed by atoms with Crippen LogP contribution in [0.3, 0.4) is 0 Å². The van der Waals surface area contributed by atoms with Gasteiger partial charge in [0.15, 0.2) is 5.96 Å². The van der Waals surface area contributed by atoms with E-state index in [4.69, 9.17) is 0 Å². The predicted molar refractivity (Wildman–Crippen MR) is 114 cm³/mol. The number of likely N-dealkylation sites (tertiary alicyclic amines) is 1. The monoisotopic (exact) mass is 356 g/mol. The molecule has 0 radical (unpaired) electrons. The SMILES string of the molecule is CN=C(NCCCCN(C)C(C)C)N1CCC(=Cc2ccccc2)CC1. The molecule has 4 nitrogen and oxygen atoms in total. The summed E-state index contributed by atoms with van der Waals surface area (Å²) in [6, 6.07) is 11.3. The van der Waals surface area contributed by atoms with Gasteiger partial charge in [-0.1, -0.05) is 42.0 Å². The van der Waals surface area contributed by atoms with Crippen LogP contribution in [0.1, 0.15) is 45.1 Å². The van der Waals surface area contributed by atoms with Gasteiger partial charge >= 0.3 is 0 Å². The van der Waals surface area contributed by atoms with Crippen molar-refractivity contribution >= 4 is 12.0 Å². The smallest absolute Gasteiger partial charge is 0.193 e. The van der Waals surface area contributed by atoms with Crippen LogP contribution in [0.4, 0.5) is 0 Å². The Morgan fingerprint density at radius 1 is 1.19 bits per heavy atom. The molecule has 1 aromatic rings. The largest absolute Gasteiger partial charge is 0.356 e. The molecule has 1 heterocycles. The molecule has 1 saturated heterocycles. The van der Waals surface area contributed by atoms with Gasteiger partial charge in [0, 0.05) is 32.7 Å². The lowest BCUT2D eigenvalue weighted by Crippen LogP contribution is -2.44. The van der Waals surface area contributed by atoms with Crippen molar-refractivity contribution in [3.05, 3.63) is 41.5 Å². The normalized spacial score (nSPS) is 15.7. The van der Waals surface area contributed by atoms with Crippen molar-refractivity contribution < 1.29 is 0 Å². The molecule has 2 rings (SSSR count). The number of aliphatic imine (C=N–C) groups is 1. The minimum Gasteiger partial charge on any atom is -0.356 e. The van der Waals surface area contributed by atoms with Crippen LogP contribution in [-0.2, 0) is 0 Å². The molecule has 1 N–H and O–H groups in total. The van der Waals surface area contributed by atoms with Crippen LogP contribution in [0.2, 0.25) is 0 Å². The summed E-state index contributed by atoms with van der Waals surface area (Å²) in [5.74, 6) is 1.06. The van der Waals surface area contributed by atoms with Crippen molar-refractivity contribution in [3.8, 4) is 0 Å². The number of benzene rings is 1. The number of hydrogen-bond acceptors (Lipinski definition) is 2. The minimum atomic E-state index is 0.627. The molecule has 0 aromatic heterocycles. The van der Waals surface area contributed by atoms with Crippen LogP contribution in [0, 0.1) is 0 Å². The summed E-state index contributed by atoms with van der Waals surface area (Å²) in [5, 5.41) is 3.54. The molecule has 1 fully saturated rings. The van der Waals surface area contributed by atoms with Gasteiger partial charge in [0.25, 0.3) is 0 Å². The van der Waals surface area contributed by atoms with Gasteiger partial charge in [-0.15, -0.1) is 0 Å². The van der Waals surface area contributed by atoms with Crippen molar-refractivity contribution in [1.82, 2.24) is 15.1 Å². The summed E-state index contributed by atoms with van der Waals surface area (Å²) < 4.78 is 0. The van der Waals surface area contributed by atoms with Gasteiger partial charge in [0.05, 0.1) is 0 Å². The van der Waals surface area contributed by atoms with E-state index in [0.29, 0.717) is 6.04 Å². The van der Waals surface area contributed by atoms with Crippen molar-refractivity contribution in [2.24, 2.45) is 4.99 Å². The van der Waals surface area contributed by atoms with E-state index in [1.807, 2.05) is 7.05 Å². The Morgan fingerprint density at radius 2 is 1.88 bits per heavy atom. The average Bonchev–Trinajstić information content (AvgIpc) is 2.66. The molecule has 0 spiro atoms. The van der Waals surface area contributed by atoms with Crippen molar-refractivity contribution in [3.63, 3.8) is 0 Å². The van der Waals surface area contributed by atoms with E-state index in [0.717, 1.165) is 45.0 Å². The molecule has 1 aliphatic heterocycles. The fourth-order valence-electron chi connectivity index (χ4n) is 3.21. The Balaban J connectivity index is 1.70. The van der Waals surface area contributed by atoms with Gasteiger partial charge < -0.3 is 15.1 Å². The molecule has 0 amide bonds. The van der Waals surface area contributed by atoms with E-state index < -0.39 is 0 Å². The maximum Gasteiger partial charge on any atom is 0.193 e. The van der Waals surface area contributed by atoms with Crippen LogP contribution in [0.25, 0.3) is 6.08 Å². The van der Waals surface area contributed by atoms with Crippen molar-refractivity contribution in [2.75, 3.05) is 40.3 Å². The molecule has 0 unspecified atom stereocenters. The third kappa shape index (κ3) is 6.83. The Bertz CT molecular complexity index is 567. The van der Waals surface area contributed by atoms with E-state index >= 15 is 0 Å². The van der Waals surface area contributed by atoms with Gasteiger partial charge in [-0.25, -0.2) is 0 Å². The average molecular weight is 357 g/mol. The molecule has 0 atom stereocenters. The highest BCUT2D eigenvalue weighted by atomic mass is 15.3. The number of guanidine groups is 1. The van der Waals surface area contributed by atoms with Gasteiger partial charge in [-0.3, -0.25) is 4.99 Å². The second-order valence-electron chi connectivity index (χ2n) is 7.46. The van der Waals surface area contributed by atoms with Gasteiger partial charge in [-0.05, 0) is 58.7 Å². The fourth-order valence-corrected chi connectivity index (χ4v) is 3.21. The highest BCUT2D eigenvalue weighted by molar-refractivity contribution is 5.80. The highest BCUT2D eigenvalue weighted by Gasteiger charge is 2.16. The standard InChI is InChI=1S/C22H36N4/c1-19(2)25(4)15-9-8-14-24-22(23-3)26-16-12-21(13-17-26)18-20-10-6-5-7-11-20/h5-7,10-11,18-19H,8-9,12-17H2,1-4H3,(H,23,24). The van der Waals surface area contributed by atoms with E-state index in [-0.39, 0.29) is 0 Å². The number of nitrogens with zero attached hydrogens (tertiary/aromatic N) is 3. The van der Waals surface area contributed by atoms with Crippen molar-refractivity contribution in [1.29, 1.82) is 0 Å². The molecule has 1 aromatic carbocycles. The Labute approximate surface area is 160 Å². The molecule has 4 heteroatoms. The predicted octanol–water partition coefficient (Wildman–Crippen LogP) is 3.86. The zero-order valence-corrected chi connectivity index (χ0v) is 17.0. The zero-order chi connectivity index (χ0) is 18.8. The topological polar surface area (TPSA) is 30.9 Å². The lowest BCUT2D eigenvalue weighted by atomic mass is 10.0. The maximum absolute atomic E-state index is 4.48. The third-order valence-electron chi connectivity index (χ3n) is 5.19. The number of unbranched alkanes of at least 4 members (excludes halogenated alkanes) is 1. The molecule has 144 valence electrons. The Morgan fingerprint density at radius 3 is 2.50 bits per heavy atom. The number of nitrogens with one attached hydrogen (secondary N) is 1. The molecule has 0 aliphatic carbocycles. The molecule has 26 heavy (non-hydrogen) atoms. The summed E-state index contributed by atoms with van der Waals surface area (Å²) in [6.07, 6.45) is 6.99. The first-order valence-electron chi connectivity index (χ1n) is 10.0. The highest BCUT2D eigenvalue weighted by Crippen LogP contribution is 2.19. The molecular formula is C22H36N4. The fraction of sp³-hybridized carbons (Fsp3) is 0.591. The van der Waals surface area contributed by atoms with E-state index in [1.54, 1.807) is 5.57 Å². The lowest BCUT2D eigenvalue weighted by molar-refractivity contribution is 0.268. The van der Waals surface area contributed by atoms with Crippen LogP contribution in [0.5, 0.6) is 0 Å². The van der Waals surface area contributed by atoms with Crippen LogP contribution < -0.4 is 5.32 Å². The molecular weight excluding hydrogens is 320 g/mol. The summed E-state index contributed by atoms with van der Waals surface area (Å²) >= 11 is 0. The first-order chi connectivity index (χ1) is 12.6. The zero-order valence-electron chi connectivity index (χ0n) is 17.0. The summed E-state index contributed by atoms with van der Waals surface area (Å²) in [7, 11) is 4.09. The van der Waals surface area contributed by atoms with Crippen molar-refractivity contribution in [2.45, 2.75) is 45.6 Å². The van der Waals surface area contributed by atoms with Gasteiger partial charge in [-0.2, -0.15) is 0 Å². The third-order valence-corrected chi connectivity index (χ3v) is 5.19. The maximum atomic E-state index is 4.48. The van der Waals surface area contributed by atoms with E-state index in [2.05, 4.69) is 77.4 Å². The van der Waals surface area contributed by atoms with Crippen LogP contribution >= 0.6 is 0 Å². The first kappa shape index (κ1) is 20.5.